The van der Waals surface area contributed by atoms with Crippen LogP contribution in [0.25, 0.3) is 16.5 Å². The summed E-state index contributed by atoms with van der Waals surface area (Å²) < 4.78 is 15.8. The van der Waals surface area contributed by atoms with Crippen molar-refractivity contribution in [2.45, 2.75) is 26.1 Å². The van der Waals surface area contributed by atoms with Crippen LogP contribution in [0.2, 0.25) is 0 Å². The Morgan fingerprint density at radius 1 is 1.19 bits per heavy atom. The molecule has 1 unspecified atom stereocenters. The molecule has 1 fully saturated rings. The second kappa shape index (κ2) is 7.55. The van der Waals surface area contributed by atoms with Gasteiger partial charge in [-0.3, -0.25) is 14.7 Å². The van der Waals surface area contributed by atoms with Gasteiger partial charge in [0.2, 0.25) is 0 Å². The molecule has 2 atom stereocenters. The molecular formula is C23H23FN6O. The predicted molar refractivity (Wildman–Crippen MR) is 119 cm³/mol. The van der Waals surface area contributed by atoms with Gasteiger partial charge in [0.05, 0.1) is 23.8 Å². The van der Waals surface area contributed by atoms with Crippen LogP contribution in [0, 0.1) is 6.92 Å². The van der Waals surface area contributed by atoms with Crippen molar-refractivity contribution < 1.29 is 4.39 Å². The number of nitrogens with zero attached hydrogens (tertiary/aromatic N) is 2. The van der Waals surface area contributed by atoms with E-state index in [2.05, 4.69) is 26.3 Å². The van der Waals surface area contributed by atoms with Gasteiger partial charge in [0, 0.05) is 11.4 Å². The van der Waals surface area contributed by atoms with Crippen molar-refractivity contribution in [1.82, 2.24) is 25.8 Å². The Bertz CT molecular complexity index is 1280. The lowest BCUT2D eigenvalue weighted by Gasteiger charge is -2.26. The minimum absolute atomic E-state index is 0.0778. The minimum Gasteiger partial charge on any atom is -0.370 e. The van der Waals surface area contributed by atoms with Crippen molar-refractivity contribution in [3.8, 4) is 5.69 Å². The molecule has 0 saturated carbocycles. The molecule has 31 heavy (non-hydrogen) atoms. The second-order valence-corrected chi connectivity index (χ2v) is 7.74. The zero-order valence-electron chi connectivity index (χ0n) is 17.2. The highest BCUT2D eigenvalue weighted by Gasteiger charge is 2.29. The van der Waals surface area contributed by atoms with E-state index in [1.165, 1.54) is 0 Å². The number of hydrogen-bond donors (Lipinski definition) is 4. The van der Waals surface area contributed by atoms with E-state index in [1.807, 2.05) is 68.4 Å². The van der Waals surface area contributed by atoms with Gasteiger partial charge in [-0.05, 0) is 43.0 Å². The summed E-state index contributed by atoms with van der Waals surface area (Å²) in [6, 6.07) is 17.1. The Labute approximate surface area is 178 Å². The van der Waals surface area contributed by atoms with E-state index in [-0.39, 0.29) is 11.6 Å². The molecule has 0 spiro atoms. The third kappa shape index (κ3) is 3.34. The van der Waals surface area contributed by atoms with Crippen molar-refractivity contribution in [2.24, 2.45) is 4.99 Å². The Kier molecular flexibility index (Phi) is 4.71. The highest BCUT2D eigenvalue weighted by Crippen LogP contribution is 2.24. The number of hydrogen-bond acceptors (Lipinski definition) is 6. The van der Waals surface area contributed by atoms with Gasteiger partial charge < -0.3 is 16.0 Å². The summed E-state index contributed by atoms with van der Waals surface area (Å²) in [5.41, 5.74) is 3.15. The van der Waals surface area contributed by atoms with Crippen molar-refractivity contribution in [3.63, 3.8) is 0 Å². The maximum absolute atomic E-state index is 14.0. The number of benzene rings is 2. The molecule has 1 saturated heterocycles. The van der Waals surface area contributed by atoms with Crippen LogP contribution in [0.15, 0.2) is 75.9 Å². The van der Waals surface area contributed by atoms with Gasteiger partial charge in [-0.2, -0.15) is 4.39 Å². The van der Waals surface area contributed by atoms with Crippen LogP contribution in [-0.2, 0) is 0 Å². The summed E-state index contributed by atoms with van der Waals surface area (Å²) in [5, 5.41) is 13.8. The van der Waals surface area contributed by atoms with E-state index in [0.29, 0.717) is 17.9 Å². The lowest BCUT2D eigenvalue weighted by Crippen LogP contribution is -2.41. The fourth-order valence-electron chi connectivity index (χ4n) is 4.22. The molecule has 158 valence electrons. The Hall–Kier alpha value is -3.65. The van der Waals surface area contributed by atoms with Crippen molar-refractivity contribution in [2.75, 3.05) is 6.67 Å². The van der Waals surface area contributed by atoms with Crippen LogP contribution >= 0.6 is 0 Å². The first-order valence-electron chi connectivity index (χ1n) is 10.2. The number of aliphatic imine (C=N–C) groups is 1. The number of pyridine rings is 1. The SMILES string of the molecule is Cc1cccc2cc([C@H](C)NC3=C4NCNC4N=C(F)N3)n(-c3ccccc3)c(=O)c12. The standard InChI is InChI=1S/C23H23FN6O/c1-13-7-6-8-15-11-17(30(22(31)18(13)15)16-9-4-3-5-10-16)14(2)27-21-19-20(26-12-25-19)28-23(24)29-21/h3-11,14,20,25-27H,12H2,1-2H3,(H,28,29)/t14-,20?/m0/s1. The first-order valence-corrected chi connectivity index (χ1v) is 10.2. The summed E-state index contributed by atoms with van der Waals surface area (Å²) in [6.45, 7) is 4.40. The number of amidine groups is 1. The van der Waals surface area contributed by atoms with Gasteiger partial charge in [-0.15, -0.1) is 0 Å². The fourth-order valence-corrected chi connectivity index (χ4v) is 4.22. The molecule has 8 heteroatoms. The van der Waals surface area contributed by atoms with E-state index in [9.17, 15) is 9.18 Å². The summed E-state index contributed by atoms with van der Waals surface area (Å²) in [7, 11) is 0. The van der Waals surface area contributed by atoms with E-state index < -0.39 is 12.3 Å². The second-order valence-electron chi connectivity index (χ2n) is 7.74. The van der Waals surface area contributed by atoms with Gasteiger partial charge in [-0.1, -0.05) is 36.4 Å². The zero-order chi connectivity index (χ0) is 21.5. The van der Waals surface area contributed by atoms with Gasteiger partial charge in [0.15, 0.2) is 0 Å². The number of nitrogens with one attached hydrogen (secondary N) is 4. The molecule has 1 aromatic heterocycles. The van der Waals surface area contributed by atoms with Crippen LogP contribution in [0.3, 0.4) is 0 Å². The lowest BCUT2D eigenvalue weighted by atomic mass is 10.0. The molecule has 2 aliphatic heterocycles. The number of aryl methyl sites for hydroxylation is 1. The van der Waals surface area contributed by atoms with Gasteiger partial charge in [-0.25, -0.2) is 4.99 Å². The third-order valence-corrected chi connectivity index (χ3v) is 5.69. The molecule has 5 rings (SSSR count). The minimum atomic E-state index is -0.658. The number of fused-ring (bicyclic) bond motifs is 2. The number of aromatic nitrogens is 1. The van der Waals surface area contributed by atoms with E-state index >= 15 is 0 Å². The molecule has 0 amide bonds. The molecule has 0 bridgehead atoms. The van der Waals surface area contributed by atoms with E-state index in [0.717, 1.165) is 28.0 Å². The van der Waals surface area contributed by atoms with Crippen molar-refractivity contribution in [3.05, 3.63) is 87.7 Å². The average Bonchev–Trinajstić information content (AvgIpc) is 3.22. The molecular weight excluding hydrogens is 395 g/mol. The Morgan fingerprint density at radius 2 is 2.00 bits per heavy atom. The van der Waals surface area contributed by atoms with Crippen LogP contribution < -0.4 is 26.8 Å². The van der Waals surface area contributed by atoms with E-state index in [1.54, 1.807) is 4.57 Å². The third-order valence-electron chi connectivity index (χ3n) is 5.69. The largest absolute Gasteiger partial charge is 0.370 e. The number of rotatable bonds is 4. The first kappa shape index (κ1) is 19.3. The van der Waals surface area contributed by atoms with Crippen LogP contribution in [0.4, 0.5) is 4.39 Å². The van der Waals surface area contributed by atoms with Crippen LogP contribution in [0.5, 0.6) is 0 Å². The Morgan fingerprint density at radius 3 is 2.81 bits per heavy atom. The highest BCUT2D eigenvalue weighted by atomic mass is 19.1. The first-order chi connectivity index (χ1) is 15.0. The molecule has 2 aliphatic rings. The molecule has 0 aliphatic carbocycles. The van der Waals surface area contributed by atoms with Crippen LogP contribution in [-0.4, -0.2) is 23.5 Å². The molecule has 0 radical (unpaired) electrons. The molecule has 3 heterocycles. The maximum atomic E-state index is 14.0. The molecule has 3 aromatic rings. The monoisotopic (exact) mass is 418 g/mol. The van der Waals surface area contributed by atoms with E-state index in [4.69, 9.17) is 0 Å². The summed E-state index contributed by atoms with van der Waals surface area (Å²) in [4.78, 5) is 17.5. The normalized spacial score (nSPS) is 18.8. The highest BCUT2D eigenvalue weighted by molar-refractivity contribution is 5.85. The van der Waals surface area contributed by atoms with Crippen molar-refractivity contribution >= 4 is 16.9 Å². The van der Waals surface area contributed by atoms with Gasteiger partial charge in [0.1, 0.15) is 12.0 Å². The van der Waals surface area contributed by atoms with Gasteiger partial charge >= 0.3 is 0 Å². The summed E-state index contributed by atoms with van der Waals surface area (Å²) in [6.07, 6.45) is -1.11. The molecule has 7 nitrogen and oxygen atoms in total. The fraction of sp³-hybridized carbons (Fsp3) is 0.217. The quantitative estimate of drug-likeness (QED) is 0.490. The lowest BCUT2D eigenvalue weighted by molar-refractivity contribution is 0.552. The smallest absolute Gasteiger partial charge is 0.285 e. The summed E-state index contributed by atoms with van der Waals surface area (Å²) in [5.74, 6) is 0.506. The Balaban J connectivity index is 1.65. The van der Waals surface area contributed by atoms with Gasteiger partial charge in [0.25, 0.3) is 11.6 Å². The maximum Gasteiger partial charge on any atom is 0.285 e. The molecule has 4 N–H and O–H groups in total. The van der Waals surface area contributed by atoms with Crippen LogP contribution in [0.1, 0.15) is 24.2 Å². The molecule has 2 aromatic carbocycles. The average molecular weight is 418 g/mol. The topological polar surface area (TPSA) is 82.5 Å². The number of halogens is 1. The van der Waals surface area contributed by atoms with Crippen molar-refractivity contribution in [1.29, 1.82) is 0 Å². The predicted octanol–water partition coefficient (Wildman–Crippen LogP) is 2.52. The zero-order valence-corrected chi connectivity index (χ0v) is 17.2. The summed E-state index contributed by atoms with van der Waals surface area (Å²) >= 11 is 0. The number of para-hydroxylation sites is 1.